The van der Waals surface area contributed by atoms with Crippen molar-refractivity contribution in [2.45, 2.75) is 32.6 Å². The smallest absolute Gasteiger partial charge is 0.257 e. The molecular weight excluding hydrogens is 345 g/mol. The first-order valence-electron chi connectivity index (χ1n) is 9.21. The number of halogens is 1. The predicted octanol–water partition coefficient (Wildman–Crippen LogP) is 3.60. The van der Waals surface area contributed by atoms with E-state index in [2.05, 4.69) is 5.32 Å². The molecule has 1 N–H and O–H groups in total. The molecule has 0 aliphatic carbocycles. The van der Waals surface area contributed by atoms with Crippen LogP contribution in [0.4, 0.5) is 4.39 Å². The van der Waals surface area contributed by atoms with Gasteiger partial charge in [-0.2, -0.15) is 0 Å². The second-order valence-corrected chi connectivity index (χ2v) is 7.31. The zero-order valence-electron chi connectivity index (χ0n) is 16.1. The fourth-order valence-electron chi connectivity index (χ4n) is 3.48. The van der Waals surface area contributed by atoms with Gasteiger partial charge in [0.05, 0.1) is 6.61 Å². The van der Waals surface area contributed by atoms with Gasteiger partial charge in [-0.15, -0.1) is 0 Å². The first-order valence-corrected chi connectivity index (χ1v) is 9.21. The van der Waals surface area contributed by atoms with Crippen molar-refractivity contribution >= 4 is 5.91 Å². The Kier molecular flexibility index (Phi) is 5.80. The highest BCUT2D eigenvalue weighted by molar-refractivity contribution is 5.77. The van der Waals surface area contributed by atoms with E-state index >= 15 is 0 Å². The molecule has 0 saturated carbocycles. The van der Waals surface area contributed by atoms with E-state index in [1.54, 1.807) is 12.1 Å². The van der Waals surface area contributed by atoms with E-state index in [0.717, 1.165) is 34.4 Å². The van der Waals surface area contributed by atoms with Crippen molar-refractivity contribution < 1.29 is 18.7 Å². The van der Waals surface area contributed by atoms with Gasteiger partial charge in [0.2, 0.25) is 0 Å². The fraction of sp³-hybridized carbons (Fsp3) is 0.409. The third-order valence-electron chi connectivity index (χ3n) is 5.41. The van der Waals surface area contributed by atoms with Crippen LogP contribution in [0.15, 0.2) is 36.4 Å². The first-order chi connectivity index (χ1) is 12.9. The van der Waals surface area contributed by atoms with Crippen molar-refractivity contribution in [3.63, 3.8) is 0 Å². The number of nitrogens with one attached hydrogen (secondary N) is 1. The molecule has 0 spiro atoms. The summed E-state index contributed by atoms with van der Waals surface area (Å²) < 4.78 is 24.6. The average molecular weight is 371 g/mol. The van der Waals surface area contributed by atoms with Gasteiger partial charge in [-0.05, 0) is 61.6 Å². The van der Waals surface area contributed by atoms with Crippen LogP contribution >= 0.6 is 0 Å². The van der Waals surface area contributed by atoms with E-state index in [0.29, 0.717) is 19.8 Å². The minimum atomic E-state index is -0.321. The van der Waals surface area contributed by atoms with Crippen LogP contribution in [-0.4, -0.2) is 32.3 Å². The predicted molar refractivity (Wildman–Crippen MR) is 103 cm³/mol. The molecule has 2 aromatic rings. The van der Waals surface area contributed by atoms with Gasteiger partial charge in [0.15, 0.2) is 6.61 Å². The Morgan fingerprint density at radius 1 is 1.15 bits per heavy atom. The number of hydrogen-bond donors (Lipinski definition) is 1. The van der Waals surface area contributed by atoms with Crippen molar-refractivity contribution in [2.24, 2.45) is 0 Å². The molecule has 1 saturated heterocycles. The van der Waals surface area contributed by atoms with Crippen LogP contribution in [0.3, 0.4) is 0 Å². The Morgan fingerprint density at radius 2 is 1.85 bits per heavy atom. The molecule has 1 unspecified atom stereocenters. The molecule has 1 atom stereocenters. The van der Waals surface area contributed by atoms with Gasteiger partial charge in [-0.1, -0.05) is 24.3 Å². The molecule has 4 nitrogen and oxygen atoms in total. The molecule has 3 rings (SSSR count). The van der Waals surface area contributed by atoms with Gasteiger partial charge in [0.1, 0.15) is 11.6 Å². The average Bonchev–Trinajstić information content (AvgIpc) is 3.14. The SMILES string of the molecule is Cc1ccc(C)c(OCC(=O)NCC2(c3ccc(F)cc3)CCOC2)c1C. The van der Waals surface area contributed by atoms with E-state index in [9.17, 15) is 9.18 Å². The Balaban J connectivity index is 1.62. The van der Waals surface area contributed by atoms with Crippen LogP contribution in [0.1, 0.15) is 28.7 Å². The van der Waals surface area contributed by atoms with Crippen LogP contribution in [-0.2, 0) is 14.9 Å². The maximum Gasteiger partial charge on any atom is 0.257 e. The lowest BCUT2D eigenvalue weighted by Gasteiger charge is -2.28. The highest BCUT2D eigenvalue weighted by Crippen LogP contribution is 2.33. The van der Waals surface area contributed by atoms with Crippen molar-refractivity contribution in [1.82, 2.24) is 5.32 Å². The molecule has 27 heavy (non-hydrogen) atoms. The number of aryl methyl sites for hydroxylation is 2. The normalized spacial score (nSPS) is 19.1. The van der Waals surface area contributed by atoms with Crippen LogP contribution in [0.2, 0.25) is 0 Å². The van der Waals surface area contributed by atoms with Gasteiger partial charge >= 0.3 is 0 Å². The summed E-state index contributed by atoms with van der Waals surface area (Å²) in [5, 5.41) is 2.96. The van der Waals surface area contributed by atoms with Crippen LogP contribution < -0.4 is 10.1 Å². The van der Waals surface area contributed by atoms with E-state index in [1.807, 2.05) is 32.9 Å². The molecule has 5 heteroatoms. The summed E-state index contributed by atoms with van der Waals surface area (Å²) in [5.74, 6) is 0.320. The van der Waals surface area contributed by atoms with Gasteiger partial charge in [-0.3, -0.25) is 4.79 Å². The van der Waals surface area contributed by atoms with Crippen molar-refractivity contribution in [3.8, 4) is 5.75 Å². The van der Waals surface area contributed by atoms with Crippen molar-refractivity contribution in [2.75, 3.05) is 26.4 Å². The van der Waals surface area contributed by atoms with Crippen molar-refractivity contribution in [1.29, 1.82) is 0 Å². The topological polar surface area (TPSA) is 47.6 Å². The zero-order chi connectivity index (χ0) is 19.4. The van der Waals surface area contributed by atoms with Crippen molar-refractivity contribution in [3.05, 3.63) is 64.5 Å². The van der Waals surface area contributed by atoms with Gasteiger partial charge in [0, 0.05) is 18.6 Å². The fourth-order valence-corrected chi connectivity index (χ4v) is 3.48. The molecule has 0 bridgehead atoms. The zero-order valence-corrected chi connectivity index (χ0v) is 16.1. The van der Waals surface area contributed by atoms with Gasteiger partial charge < -0.3 is 14.8 Å². The number of hydrogen-bond acceptors (Lipinski definition) is 3. The number of benzene rings is 2. The summed E-state index contributed by atoms with van der Waals surface area (Å²) in [7, 11) is 0. The number of ether oxygens (including phenoxy) is 2. The highest BCUT2D eigenvalue weighted by atomic mass is 19.1. The minimum Gasteiger partial charge on any atom is -0.483 e. The number of carbonyl (C=O) groups excluding carboxylic acids is 1. The summed E-state index contributed by atoms with van der Waals surface area (Å²) in [6.07, 6.45) is 0.788. The van der Waals surface area contributed by atoms with E-state index in [-0.39, 0.29) is 23.7 Å². The molecule has 2 aromatic carbocycles. The Morgan fingerprint density at radius 3 is 2.52 bits per heavy atom. The molecular formula is C22H26FNO3. The summed E-state index contributed by atoms with van der Waals surface area (Å²) in [6, 6.07) is 10.5. The lowest BCUT2D eigenvalue weighted by Crippen LogP contribution is -2.43. The Hall–Kier alpha value is -2.40. The van der Waals surface area contributed by atoms with Gasteiger partial charge in [0.25, 0.3) is 5.91 Å². The van der Waals surface area contributed by atoms with Crippen LogP contribution in [0.25, 0.3) is 0 Å². The highest BCUT2D eigenvalue weighted by Gasteiger charge is 2.37. The molecule has 1 aliphatic rings. The van der Waals surface area contributed by atoms with E-state index in [1.165, 1.54) is 12.1 Å². The second-order valence-electron chi connectivity index (χ2n) is 7.31. The number of carbonyl (C=O) groups is 1. The lowest BCUT2D eigenvalue weighted by atomic mass is 9.79. The molecule has 1 heterocycles. The molecule has 1 aliphatic heterocycles. The van der Waals surface area contributed by atoms with Crippen LogP contribution in [0, 0.1) is 26.6 Å². The summed E-state index contributed by atoms with van der Waals surface area (Å²) in [6.45, 7) is 7.53. The maximum absolute atomic E-state index is 13.3. The maximum atomic E-state index is 13.3. The molecule has 0 radical (unpaired) electrons. The first kappa shape index (κ1) is 19.4. The number of amides is 1. The summed E-state index contributed by atoms with van der Waals surface area (Å²) >= 11 is 0. The van der Waals surface area contributed by atoms with Crippen LogP contribution in [0.5, 0.6) is 5.75 Å². The Labute approximate surface area is 159 Å². The van der Waals surface area contributed by atoms with E-state index < -0.39 is 0 Å². The minimum absolute atomic E-state index is 0.0362. The monoisotopic (exact) mass is 371 g/mol. The van der Waals surface area contributed by atoms with Gasteiger partial charge in [-0.25, -0.2) is 4.39 Å². The standard InChI is InChI=1S/C22H26FNO3/c1-15-4-5-16(2)21(17(15)3)27-12-20(25)24-13-22(10-11-26-14-22)18-6-8-19(23)9-7-18/h4-9H,10-14H2,1-3H3,(H,24,25). The summed E-state index contributed by atoms with van der Waals surface area (Å²) in [5.41, 5.74) is 3.86. The third-order valence-corrected chi connectivity index (χ3v) is 5.41. The lowest BCUT2D eigenvalue weighted by molar-refractivity contribution is -0.123. The summed E-state index contributed by atoms with van der Waals surface area (Å²) in [4.78, 5) is 12.4. The molecule has 0 aromatic heterocycles. The largest absolute Gasteiger partial charge is 0.483 e. The molecule has 1 fully saturated rings. The Bertz CT molecular complexity index is 811. The third kappa shape index (κ3) is 4.30. The molecule has 1 amide bonds. The molecule has 144 valence electrons. The quantitative estimate of drug-likeness (QED) is 0.844. The second kappa shape index (κ2) is 8.09. The number of rotatable bonds is 6. The van der Waals surface area contributed by atoms with E-state index in [4.69, 9.17) is 9.47 Å².